The van der Waals surface area contributed by atoms with Crippen molar-refractivity contribution in [3.63, 3.8) is 0 Å². The number of aryl methyl sites for hydroxylation is 1. The maximum Gasteiger partial charge on any atom is 0.269 e. The number of halogens is 1. The maximum atomic E-state index is 12.7. The molecular weight excluding hydrogens is 358 g/mol. The molecule has 3 aromatic heterocycles. The summed E-state index contributed by atoms with van der Waals surface area (Å²) >= 11 is 3.37. The molecule has 0 unspecified atom stereocenters. The van der Waals surface area contributed by atoms with Gasteiger partial charge in [0.25, 0.3) is 5.56 Å². The Kier molecular flexibility index (Phi) is 3.27. The van der Waals surface area contributed by atoms with E-state index in [0.717, 1.165) is 28.4 Å². The summed E-state index contributed by atoms with van der Waals surface area (Å²) in [6, 6.07) is 9.28. The van der Waals surface area contributed by atoms with Crippen molar-refractivity contribution in [2.45, 2.75) is 13.5 Å². The fourth-order valence-corrected chi connectivity index (χ4v) is 3.10. The largest absolute Gasteiger partial charge is 0.485 e. The second-order valence-electron chi connectivity index (χ2n) is 5.29. The molecule has 0 radical (unpaired) electrons. The van der Waals surface area contributed by atoms with E-state index in [-0.39, 0.29) is 5.56 Å². The van der Waals surface area contributed by atoms with Gasteiger partial charge in [0.1, 0.15) is 18.1 Å². The van der Waals surface area contributed by atoms with Crippen LogP contribution in [0.25, 0.3) is 16.9 Å². The first-order valence-corrected chi connectivity index (χ1v) is 7.90. The maximum absolute atomic E-state index is 12.7. The van der Waals surface area contributed by atoms with Crippen LogP contribution < -0.4 is 10.3 Å². The van der Waals surface area contributed by atoms with Gasteiger partial charge in [-0.2, -0.15) is 0 Å². The Morgan fingerprint density at radius 2 is 2.13 bits per heavy atom. The normalized spacial score (nSPS) is 12.3. The van der Waals surface area contributed by atoms with Crippen molar-refractivity contribution in [1.82, 2.24) is 14.5 Å². The van der Waals surface area contributed by atoms with Crippen LogP contribution in [0.5, 0.6) is 5.75 Å². The van der Waals surface area contributed by atoms with Crippen LogP contribution in [0.2, 0.25) is 0 Å². The first-order chi connectivity index (χ1) is 11.1. The minimum Gasteiger partial charge on any atom is -0.485 e. The van der Waals surface area contributed by atoms with Gasteiger partial charge in [0.2, 0.25) is 0 Å². The molecule has 0 N–H and O–H groups in total. The Balaban J connectivity index is 2.04. The topological polar surface area (TPSA) is 57.0 Å². The summed E-state index contributed by atoms with van der Waals surface area (Å²) in [5, 5.41) is 0. The Morgan fingerprint density at radius 3 is 2.91 bits per heavy atom. The molecule has 0 saturated carbocycles. The van der Waals surface area contributed by atoms with Crippen molar-refractivity contribution < 1.29 is 4.74 Å². The first-order valence-electron chi connectivity index (χ1n) is 7.11. The third kappa shape index (κ3) is 2.26. The van der Waals surface area contributed by atoms with E-state index in [0.29, 0.717) is 16.8 Å². The zero-order valence-electron chi connectivity index (χ0n) is 12.3. The summed E-state index contributed by atoms with van der Waals surface area (Å²) in [6.45, 7) is 2.22. The standard InChI is InChI=1S/C17H12BrN3O2/c1-10-4-5-11(8-20-10)21-14-9-23-15-3-2-6-19-16(15)12(14)7-13(18)17(21)22/h2-8H,9H2,1H3. The molecule has 23 heavy (non-hydrogen) atoms. The Labute approximate surface area is 140 Å². The lowest BCUT2D eigenvalue weighted by Gasteiger charge is -2.23. The van der Waals surface area contributed by atoms with E-state index in [1.165, 1.54) is 0 Å². The average molecular weight is 370 g/mol. The van der Waals surface area contributed by atoms with Crippen LogP contribution in [0.15, 0.2) is 52.0 Å². The summed E-state index contributed by atoms with van der Waals surface area (Å²) in [6.07, 6.45) is 3.41. The van der Waals surface area contributed by atoms with Crippen molar-refractivity contribution in [2.75, 3.05) is 0 Å². The molecule has 4 heterocycles. The molecular formula is C17H12BrN3O2. The van der Waals surface area contributed by atoms with Crippen LogP contribution in [0.1, 0.15) is 11.4 Å². The highest BCUT2D eigenvalue weighted by Crippen LogP contribution is 2.36. The number of aromatic nitrogens is 3. The molecule has 0 fully saturated rings. The van der Waals surface area contributed by atoms with E-state index >= 15 is 0 Å². The van der Waals surface area contributed by atoms with Crippen molar-refractivity contribution in [2.24, 2.45) is 0 Å². The second kappa shape index (κ2) is 5.31. The summed E-state index contributed by atoms with van der Waals surface area (Å²) < 4.78 is 7.88. The van der Waals surface area contributed by atoms with Crippen LogP contribution in [0.3, 0.4) is 0 Å². The fourth-order valence-electron chi connectivity index (χ4n) is 2.69. The summed E-state index contributed by atoms with van der Waals surface area (Å²) in [4.78, 5) is 21.3. The molecule has 114 valence electrons. The van der Waals surface area contributed by atoms with Crippen molar-refractivity contribution in [3.8, 4) is 22.7 Å². The van der Waals surface area contributed by atoms with Crippen LogP contribution in [-0.4, -0.2) is 14.5 Å². The predicted molar refractivity (Wildman–Crippen MR) is 89.8 cm³/mol. The van der Waals surface area contributed by atoms with Gasteiger partial charge in [-0.05, 0) is 53.2 Å². The predicted octanol–water partition coefficient (Wildman–Crippen LogP) is 3.26. The molecule has 4 rings (SSSR count). The molecule has 0 aromatic carbocycles. The highest BCUT2D eigenvalue weighted by atomic mass is 79.9. The van der Waals surface area contributed by atoms with Crippen LogP contribution in [-0.2, 0) is 6.61 Å². The van der Waals surface area contributed by atoms with Gasteiger partial charge in [-0.3, -0.25) is 19.3 Å². The van der Waals surface area contributed by atoms with E-state index in [2.05, 4.69) is 25.9 Å². The molecule has 0 amide bonds. The van der Waals surface area contributed by atoms with E-state index in [1.54, 1.807) is 17.0 Å². The third-order valence-electron chi connectivity index (χ3n) is 3.80. The first kappa shape index (κ1) is 14.1. The van der Waals surface area contributed by atoms with Crippen LogP contribution >= 0.6 is 15.9 Å². The number of hydrogen-bond acceptors (Lipinski definition) is 4. The zero-order chi connectivity index (χ0) is 16.0. The van der Waals surface area contributed by atoms with Gasteiger partial charge in [-0.15, -0.1) is 0 Å². The molecule has 6 heteroatoms. The summed E-state index contributed by atoms with van der Waals surface area (Å²) in [5.41, 5.74) is 3.87. The van der Waals surface area contributed by atoms with Crippen molar-refractivity contribution in [1.29, 1.82) is 0 Å². The average Bonchev–Trinajstić information content (AvgIpc) is 2.57. The van der Waals surface area contributed by atoms with E-state index < -0.39 is 0 Å². The number of rotatable bonds is 1. The molecule has 0 atom stereocenters. The summed E-state index contributed by atoms with van der Waals surface area (Å²) in [5.74, 6) is 0.721. The lowest BCUT2D eigenvalue weighted by Crippen LogP contribution is -2.26. The minimum atomic E-state index is -0.141. The Bertz CT molecular complexity index is 965. The van der Waals surface area contributed by atoms with Gasteiger partial charge in [0.05, 0.1) is 22.1 Å². The number of ether oxygens (including phenoxy) is 1. The van der Waals surface area contributed by atoms with Gasteiger partial charge in [-0.25, -0.2) is 0 Å². The zero-order valence-corrected chi connectivity index (χ0v) is 13.9. The molecule has 0 bridgehead atoms. The molecule has 5 nitrogen and oxygen atoms in total. The number of nitrogens with zero attached hydrogens (tertiary/aromatic N) is 3. The van der Waals surface area contributed by atoms with Gasteiger partial charge < -0.3 is 4.74 Å². The van der Waals surface area contributed by atoms with Crippen molar-refractivity contribution in [3.05, 3.63) is 68.9 Å². The highest BCUT2D eigenvalue weighted by Gasteiger charge is 2.24. The SMILES string of the molecule is Cc1ccc(-n2c3c(cc(Br)c2=O)-c2ncccc2OC3)cn1. The second-order valence-corrected chi connectivity index (χ2v) is 6.14. The van der Waals surface area contributed by atoms with Gasteiger partial charge in [0.15, 0.2) is 0 Å². The van der Waals surface area contributed by atoms with E-state index in [1.807, 2.05) is 37.3 Å². The van der Waals surface area contributed by atoms with E-state index in [4.69, 9.17) is 4.74 Å². The highest BCUT2D eigenvalue weighted by molar-refractivity contribution is 9.10. The van der Waals surface area contributed by atoms with Gasteiger partial charge in [-0.1, -0.05) is 0 Å². The van der Waals surface area contributed by atoms with E-state index in [9.17, 15) is 4.79 Å². The quantitative estimate of drug-likeness (QED) is 0.660. The number of hydrogen-bond donors (Lipinski definition) is 0. The minimum absolute atomic E-state index is 0.141. The Hall–Kier alpha value is -2.47. The molecule has 0 aliphatic carbocycles. The number of fused-ring (bicyclic) bond motifs is 3. The molecule has 3 aromatic rings. The smallest absolute Gasteiger partial charge is 0.269 e. The van der Waals surface area contributed by atoms with Gasteiger partial charge in [0, 0.05) is 17.5 Å². The van der Waals surface area contributed by atoms with Crippen molar-refractivity contribution >= 4 is 15.9 Å². The Morgan fingerprint density at radius 1 is 1.26 bits per heavy atom. The molecule has 1 aliphatic heterocycles. The monoisotopic (exact) mass is 369 g/mol. The van der Waals surface area contributed by atoms with Gasteiger partial charge >= 0.3 is 0 Å². The number of pyridine rings is 3. The molecule has 1 aliphatic rings. The third-order valence-corrected chi connectivity index (χ3v) is 4.37. The fraction of sp³-hybridized carbons (Fsp3) is 0.118. The molecule has 0 saturated heterocycles. The van der Waals surface area contributed by atoms with Crippen LogP contribution in [0, 0.1) is 6.92 Å². The lowest BCUT2D eigenvalue weighted by molar-refractivity contribution is 0.292. The summed E-state index contributed by atoms with van der Waals surface area (Å²) in [7, 11) is 0. The molecule has 0 spiro atoms. The van der Waals surface area contributed by atoms with Crippen LogP contribution in [0.4, 0.5) is 0 Å². The lowest BCUT2D eigenvalue weighted by atomic mass is 10.1.